The molecule has 0 radical (unpaired) electrons. The van der Waals surface area contributed by atoms with Crippen molar-refractivity contribution < 1.29 is 18.7 Å². The van der Waals surface area contributed by atoms with Crippen molar-refractivity contribution in [1.82, 2.24) is 4.98 Å². The first-order valence-corrected chi connectivity index (χ1v) is 6.70. The number of pyridine rings is 1. The van der Waals surface area contributed by atoms with Gasteiger partial charge in [-0.25, -0.2) is 9.18 Å². The fraction of sp³-hybridized carbons (Fsp3) is 0.188. The zero-order valence-corrected chi connectivity index (χ0v) is 12.2. The van der Waals surface area contributed by atoms with Crippen LogP contribution < -0.4 is 10.1 Å². The molecule has 0 aliphatic carbocycles. The number of carbonyl (C=O) groups is 2. The van der Waals surface area contributed by atoms with Gasteiger partial charge in [-0.1, -0.05) is 13.8 Å². The first kappa shape index (κ1) is 15.6. The van der Waals surface area contributed by atoms with Crippen molar-refractivity contribution >= 4 is 17.6 Å². The maximum atomic E-state index is 13.4. The Morgan fingerprint density at radius 3 is 2.45 bits per heavy atom. The van der Waals surface area contributed by atoms with Gasteiger partial charge in [0.2, 0.25) is 5.91 Å². The van der Waals surface area contributed by atoms with Crippen molar-refractivity contribution in [3.05, 3.63) is 54.1 Å². The second-order valence-corrected chi connectivity index (χ2v) is 4.91. The predicted octanol–water partition coefficient (Wildman–Crippen LogP) is 3.03. The second-order valence-electron chi connectivity index (χ2n) is 4.91. The molecule has 22 heavy (non-hydrogen) atoms. The van der Waals surface area contributed by atoms with Gasteiger partial charge in [0.25, 0.3) is 0 Å². The molecule has 1 N–H and O–H groups in total. The van der Waals surface area contributed by atoms with E-state index >= 15 is 0 Å². The summed E-state index contributed by atoms with van der Waals surface area (Å²) in [5.74, 6) is -1.54. The molecule has 0 aliphatic heterocycles. The lowest BCUT2D eigenvalue weighted by molar-refractivity contribution is -0.118. The van der Waals surface area contributed by atoms with E-state index in [1.165, 1.54) is 24.4 Å². The highest BCUT2D eigenvalue weighted by atomic mass is 19.1. The van der Waals surface area contributed by atoms with Crippen LogP contribution in [0.1, 0.15) is 24.2 Å². The molecular formula is C16H15FN2O3. The Bertz CT molecular complexity index is 684. The third kappa shape index (κ3) is 3.88. The van der Waals surface area contributed by atoms with E-state index in [0.29, 0.717) is 5.69 Å². The summed E-state index contributed by atoms with van der Waals surface area (Å²) in [6.07, 6.45) is 2.26. The summed E-state index contributed by atoms with van der Waals surface area (Å²) in [6, 6.07) is 7.49. The number of hydrogen-bond acceptors (Lipinski definition) is 4. The zero-order chi connectivity index (χ0) is 16.1. The van der Waals surface area contributed by atoms with Crippen LogP contribution in [-0.4, -0.2) is 16.9 Å². The van der Waals surface area contributed by atoms with Crippen LogP contribution >= 0.6 is 0 Å². The van der Waals surface area contributed by atoms with Gasteiger partial charge in [-0.3, -0.25) is 9.78 Å². The van der Waals surface area contributed by atoms with Crippen LogP contribution in [0.2, 0.25) is 0 Å². The van der Waals surface area contributed by atoms with Gasteiger partial charge in [-0.15, -0.1) is 0 Å². The number of nitrogens with one attached hydrogen (secondary N) is 1. The van der Waals surface area contributed by atoms with Gasteiger partial charge in [0.1, 0.15) is 5.75 Å². The molecule has 2 rings (SSSR count). The van der Waals surface area contributed by atoms with Crippen molar-refractivity contribution in [1.29, 1.82) is 0 Å². The van der Waals surface area contributed by atoms with Crippen LogP contribution in [-0.2, 0) is 4.79 Å². The van der Waals surface area contributed by atoms with Crippen LogP contribution in [0.25, 0.3) is 0 Å². The van der Waals surface area contributed by atoms with Gasteiger partial charge in [0.05, 0.1) is 11.8 Å². The standard InChI is InChI=1S/C16H15FN2O3/c1-10(2)15(20)19-11-3-5-12(6-4-11)22-16(21)13-7-8-18-9-14(13)17/h3-10H,1-2H3,(H,19,20). The van der Waals surface area contributed by atoms with Crippen molar-refractivity contribution in [3.63, 3.8) is 0 Å². The number of halogens is 1. The number of nitrogens with zero attached hydrogens (tertiary/aromatic N) is 1. The highest BCUT2D eigenvalue weighted by molar-refractivity contribution is 5.92. The van der Waals surface area contributed by atoms with Crippen molar-refractivity contribution in [2.45, 2.75) is 13.8 Å². The van der Waals surface area contributed by atoms with Crippen molar-refractivity contribution in [3.8, 4) is 5.75 Å². The van der Waals surface area contributed by atoms with E-state index in [1.54, 1.807) is 26.0 Å². The highest BCUT2D eigenvalue weighted by Crippen LogP contribution is 2.18. The Kier molecular flexibility index (Phi) is 4.83. The van der Waals surface area contributed by atoms with Gasteiger partial charge >= 0.3 is 5.97 Å². The summed E-state index contributed by atoms with van der Waals surface area (Å²) in [4.78, 5) is 26.9. The van der Waals surface area contributed by atoms with Gasteiger partial charge in [-0.2, -0.15) is 0 Å². The Balaban J connectivity index is 2.04. The molecule has 114 valence electrons. The minimum absolute atomic E-state index is 0.108. The summed E-state index contributed by atoms with van der Waals surface area (Å²) >= 11 is 0. The first-order chi connectivity index (χ1) is 10.5. The van der Waals surface area contributed by atoms with E-state index in [0.717, 1.165) is 6.20 Å². The van der Waals surface area contributed by atoms with Gasteiger partial charge < -0.3 is 10.1 Å². The topological polar surface area (TPSA) is 68.3 Å². The number of anilines is 1. The van der Waals surface area contributed by atoms with Crippen LogP contribution in [0.3, 0.4) is 0 Å². The molecule has 1 amide bonds. The van der Waals surface area contributed by atoms with E-state index in [2.05, 4.69) is 10.3 Å². The number of carbonyl (C=O) groups excluding carboxylic acids is 2. The van der Waals surface area contributed by atoms with E-state index in [-0.39, 0.29) is 23.1 Å². The average Bonchev–Trinajstić information content (AvgIpc) is 2.49. The number of hydrogen-bond donors (Lipinski definition) is 1. The third-order valence-electron chi connectivity index (χ3n) is 2.85. The van der Waals surface area contributed by atoms with Crippen molar-refractivity contribution in [2.75, 3.05) is 5.32 Å². The minimum Gasteiger partial charge on any atom is -0.423 e. The molecule has 0 saturated heterocycles. The van der Waals surface area contributed by atoms with E-state index in [9.17, 15) is 14.0 Å². The monoisotopic (exact) mass is 302 g/mol. The second kappa shape index (κ2) is 6.80. The Hall–Kier alpha value is -2.76. The Labute approximate surface area is 127 Å². The summed E-state index contributed by atoms with van der Waals surface area (Å²) in [5, 5.41) is 2.72. The maximum absolute atomic E-state index is 13.4. The smallest absolute Gasteiger partial charge is 0.346 e. The number of esters is 1. The molecule has 0 fully saturated rings. The summed E-state index contributed by atoms with van der Waals surface area (Å²) < 4.78 is 18.5. The van der Waals surface area contributed by atoms with Crippen LogP contribution in [0, 0.1) is 11.7 Å². The molecule has 6 heteroatoms. The Morgan fingerprint density at radius 1 is 1.18 bits per heavy atom. The SMILES string of the molecule is CC(C)C(=O)Nc1ccc(OC(=O)c2ccncc2F)cc1. The van der Waals surface area contributed by atoms with Crippen LogP contribution in [0.5, 0.6) is 5.75 Å². The summed E-state index contributed by atoms with van der Waals surface area (Å²) in [6.45, 7) is 3.57. The molecular weight excluding hydrogens is 287 g/mol. The largest absolute Gasteiger partial charge is 0.423 e. The molecule has 0 bridgehead atoms. The molecule has 1 heterocycles. The molecule has 0 saturated carbocycles. The average molecular weight is 302 g/mol. The predicted molar refractivity (Wildman–Crippen MR) is 79.1 cm³/mol. The zero-order valence-electron chi connectivity index (χ0n) is 12.2. The number of aromatic nitrogens is 1. The van der Waals surface area contributed by atoms with Gasteiger partial charge in [0, 0.05) is 17.8 Å². The van der Waals surface area contributed by atoms with Crippen LogP contribution in [0.15, 0.2) is 42.7 Å². The molecule has 0 atom stereocenters. The number of benzene rings is 1. The maximum Gasteiger partial charge on any atom is 0.346 e. The van der Waals surface area contributed by atoms with Gasteiger partial charge in [-0.05, 0) is 30.3 Å². The fourth-order valence-corrected chi connectivity index (χ4v) is 1.60. The molecule has 0 unspecified atom stereocenters. The lowest BCUT2D eigenvalue weighted by Crippen LogP contribution is -2.17. The molecule has 0 spiro atoms. The van der Waals surface area contributed by atoms with Crippen molar-refractivity contribution in [2.24, 2.45) is 5.92 Å². The fourth-order valence-electron chi connectivity index (χ4n) is 1.60. The summed E-state index contributed by atoms with van der Waals surface area (Å²) in [5.41, 5.74) is 0.403. The number of ether oxygens (including phenoxy) is 1. The molecule has 5 nitrogen and oxygen atoms in total. The highest BCUT2D eigenvalue weighted by Gasteiger charge is 2.14. The molecule has 1 aromatic carbocycles. The number of rotatable bonds is 4. The van der Waals surface area contributed by atoms with E-state index in [4.69, 9.17) is 4.74 Å². The normalized spacial score (nSPS) is 10.4. The molecule has 0 aliphatic rings. The lowest BCUT2D eigenvalue weighted by atomic mass is 10.2. The molecule has 2 aromatic rings. The quantitative estimate of drug-likeness (QED) is 0.696. The Morgan fingerprint density at radius 2 is 1.86 bits per heavy atom. The minimum atomic E-state index is -0.807. The van der Waals surface area contributed by atoms with E-state index in [1.807, 2.05) is 0 Å². The number of amides is 1. The van der Waals surface area contributed by atoms with Crippen LogP contribution in [0.4, 0.5) is 10.1 Å². The lowest BCUT2D eigenvalue weighted by Gasteiger charge is -2.09. The summed E-state index contributed by atoms with van der Waals surface area (Å²) in [7, 11) is 0. The first-order valence-electron chi connectivity index (χ1n) is 6.70. The van der Waals surface area contributed by atoms with Gasteiger partial charge in [0.15, 0.2) is 5.82 Å². The molecule has 1 aromatic heterocycles. The third-order valence-corrected chi connectivity index (χ3v) is 2.85. The van der Waals surface area contributed by atoms with E-state index < -0.39 is 11.8 Å².